The van der Waals surface area contributed by atoms with Gasteiger partial charge < -0.3 is 14.7 Å². The third-order valence-corrected chi connectivity index (χ3v) is 6.66. The van der Waals surface area contributed by atoms with E-state index in [9.17, 15) is 14.0 Å². The van der Waals surface area contributed by atoms with Gasteiger partial charge in [-0.05, 0) is 75.9 Å². The summed E-state index contributed by atoms with van der Waals surface area (Å²) in [4.78, 5) is 31.6. The molecule has 0 aromatic heterocycles. The molecule has 6 heteroatoms. The summed E-state index contributed by atoms with van der Waals surface area (Å²) in [5, 5.41) is 0. The van der Waals surface area contributed by atoms with Crippen molar-refractivity contribution in [3.8, 4) is 0 Å². The molecule has 0 bridgehead atoms. The van der Waals surface area contributed by atoms with Gasteiger partial charge in [-0.25, -0.2) is 4.39 Å². The number of carbonyl (C=O) groups excluding carboxylic acids is 2. The number of benzene rings is 1. The molecule has 0 atom stereocenters. The first-order valence-electron chi connectivity index (χ1n) is 10.7. The fraction of sp³-hybridized carbons (Fsp3) is 0.636. The Balaban J connectivity index is 1.24. The summed E-state index contributed by atoms with van der Waals surface area (Å²) in [7, 11) is 0. The zero-order valence-electron chi connectivity index (χ0n) is 16.5. The second kappa shape index (κ2) is 8.60. The molecule has 28 heavy (non-hydrogen) atoms. The molecule has 3 saturated heterocycles. The lowest BCUT2D eigenvalue weighted by atomic mass is 9.92. The third kappa shape index (κ3) is 4.22. The van der Waals surface area contributed by atoms with Gasteiger partial charge >= 0.3 is 0 Å². The Morgan fingerprint density at radius 3 is 2.00 bits per heavy atom. The zero-order valence-corrected chi connectivity index (χ0v) is 16.5. The highest BCUT2D eigenvalue weighted by molar-refractivity contribution is 5.94. The lowest BCUT2D eigenvalue weighted by Crippen LogP contribution is -2.50. The quantitative estimate of drug-likeness (QED) is 0.801. The van der Waals surface area contributed by atoms with Crippen LogP contribution in [-0.4, -0.2) is 71.8 Å². The van der Waals surface area contributed by atoms with Gasteiger partial charge in [0.25, 0.3) is 5.91 Å². The van der Waals surface area contributed by atoms with Crippen molar-refractivity contribution in [3.63, 3.8) is 0 Å². The molecule has 0 unspecified atom stereocenters. The average Bonchev–Trinajstić information content (AvgIpc) is 3.28. The van der Waals surface area contributed by atoms with Crippen molar-refractivity contribution >= 4 is 11.8 Å². The molecule has 4 rings (SSSR count). The molecule has 152 valence electrons. The van der Waals surface area contributed by atoms with Crippen molar-refractivity contribution in [2.75, 3.05) is 39.3 Å². The molecule has 3 aliphatic heterocycles. The molecule has 0 radical (unpaired) electrons. The summed E-state index contributed by atoms with van der Waals surface area (Å²) >= 11 is 0. The summed E-state index contributed by atoms with van der Waals surface area (Å²) in [6, 6.07) is 6.30. The van der Waals surface area contributed by atoms with E-state index in [0.717, 1.165) is 77.8 Å². The summed E-state index contributed by atoms with van der Waals surface area (Å²) in [6.07, 6.45) is 6.17. The molecule has 0 spiro atoms. The average molecular weight is 387 g/mol. The van der Waals surface area contributed by atoms with Crippen molar-refractivity contribution in [1.82, 2.24) is 14.7 Å². The number of rotatable bonds is 3. The number of hydrogen-bond donors (Lipinski definition) is 0. The van der Waals surface area contributed by atoms with Crippen LogP contribution in [0.2, 0.25) is 0 Å². The van der Waals surface area contributed by atoms with E-state index in [4.69, 9.17) is 0 Å². The van der Waals surface area contributed by atoms with Crippen LogP contribution in [0.1, 0.15) is 48.9 Å². The number of amides is 2. The molecule has 3 aliphatic rings. The lowest BCUT2D eigenvalue weighted by Gasteiger charge is -2.42. The fourth-order valence-corrected chi connectivity index (χ4v) is 4.92. The zero-order chi connectivity index (χ0) is 19.5. The summed E-state index contributed by atoms with van der Waals surface area (Å²) in [5.41, 5.74) is 0.557. The van der Waals surface area contributed by atoms with Crippen LogP contribution in [0.15, 0.2) is 24.3 Å². The fourth-order valence-electron chi connectivity index (χ4n) is 4.92. The van der Waals surface area contributed by atoms with E-state index in [-0.39, 0.29) is 17.6 Å². The van der Waals surface area contributed by atoms with Gasteiger partial charge in [0.1, 0.15) is 5.82 Å². The molecular formula is C22H30FN3O2. The van der Waals surface area contributed by atoms with E-state index in [0.29, 0.717) is 17.5 Å². The summed E-state index contributed by atoms with van der Waals surface area (Å²) in [5.74, 6) is 0.251. The topological polar surface area (TPSA) is 43.9 Å². The van der Waals surface area contributed by atoms with Crippen molar-refractivity contribution in [2.24, 2.45) is 5.92 Å². The Hall–Kier alpha value is -1.95. The van der Waals surface area contributed by atoms with Gasteiger partial charge in [-0.15, -0.1) is 0 Å². The first kappa shape index (κ1) is 19.4. The molecule has 0 saturated carbocycles. The monoisotopic (exact) mass is 387 g/mol. The number of piperidine rings is 2. The van der Waals surface area contributed by atoms with Crippen LogP contribution in [0.4, 0.5) is 4.39 Å². The number of hydrogen-bond acceptors (Lipinski definition) is 3. The van der Waals surface area contributed by atoms with Crippen LogP contribution in [-0.2, 0) is 4.79 Å². The smallest absolute Gasteiger partial charge is 0.253 e. The van der Waals surface area contributed by atoms with Crippen LogP contribution in [0.3, 0.4) is 0 Å². The van der Waals surface area contributed by atoms with Crippen LogP contribution >= 0.6 is 0 Å². The predicted molar refractivity (Wildman–Crippen MR) is 105 cm³/mol. The maximum Gasteiger partial charge on any atom is 0.253 e. The van der Waals surface area contributed by atoms with Crippen LogP contribution in [0.25, 0.3) is 0 Å². The maximum atomic E-state index is 13.1. The molecule has 0 aliphatic carbocycles. The largest absolute Gasteiger partial charge is 0.342 e. The van der Waals surface area contributed by atoms with Gasteiger partial charge in [0.15, 0.2) is 0 Å². The molecule has 0 N–H and O–H groups in total. The van der Waals surface area contributed by atoms with Gasteiger partial charge in [0.05, 0.1) is 0 Å². The van der Waals surface area contributed by atoms with Gasteiger partial charge in [0.2, 0.25) is 5.91 Å². The third-order valence-electron chi connectivity index (χ3n) is 6.66. The Morgan fingerprint density at radius 1 is 0.786 bits per heavy atom. The second-order valence-corrected chi connectivity index (χ2v) is 8.37. The van der Waals surface area contributed by atoms with E-state index in [2.05, 4.69) is 9.80 Å². The Bertz CT molecular complexity index is 686. The van der Waals surface area contributed by atoms with Crippen molar-refractivity contribution < 1.29 is 14.0 Å². The minimum Gasteiger partial charge on any atom is -0.342 e. The highest BCUT2D eigenvalue weighted by atomic mass is 19.1. The summed E-state index contributed by atoms with van der Waals surface area (Å²) < 4.78 is 13.1. The minimum absolute atomic E-state index is 0.00614. The summed E-state index contributed by atoms with van der Waals surface area (Å²) in [6.45, 7) is 5.35. The predicted octanol–water partition coefficient (Wildman–Crippen LogP) is 2.76. The van der Waals surface area contributed by atoms with Crippen molar-refractivity contribution in [3.05, 3.63) is 35.6 Å². The van der Waals surface area contributed by atoms with E-state index in [1.807, 2.05) is 4.90 Å². The standard InChI is InChI=1S/C22H30FN3O2/c23-19-5-3-17(4-6-19)21(27)26-15-9-20(10-16-26)24-13-7-18(8-14-24)22(28)25-11-1-2-12-25/h3-6,18,20H,1-2,7-16H2. The van der Waals surface area contributed by atoms with Gasteiger partial charge in [-0.2, -0.15) is 0 Å². The van der Waals surface area contributed by atoms with E-state index >= 15 is 0 Å². The molecule has 3 fully saturated rings. The molecule has 5 nitrogen and oxygen atoms in total. The molecule has 1 aromatic rings. The van der Waals surface area contributed by atoms with Crippen molar-refractivity contribution in [2.45, 2.75) is 44.6 Å². The maximum absolute atomic E-state index is 13.1. The van der Waals surface area contributed by atoms with Gasteiger partial charge in [0, 0.05) is 43.7 Å². The Labute approximate surface area is 166 Å². The van der Waals surface area contributed by atoms with Crippen LogP contribution in [0, 0.1) is 11.7 Å². The number of carbonyl (C=O) groups is 2. The Morgan fingerprint density at radius 2 is 1.39 bits per heavy atom. The van der Waals surface area contributed by atoms with Gasteiger partial charge in [-0.3, -0.25) is 9.59 Å². The van der Waals surface area contributed by atoms with Crippen LogP contribution < -0.4 is 0 Å². The molecular weight excluding hydrogens is 357 g/mol. The number of nitrogens with zero attached hydrogens (tertiary/aromatic N) is 3. The van der Waals surface area contributed by atoms with Gasteiger partial charge in [-0.1, -0.05) is 0 Å². The Kier molecular flexibility index (Phi) is 5.95. The highest BCUT2D eigenvalue weighted by Gasteiger charge is 2.33. The first-order valence-corrected chi connectivity index (χ1v) is 10.7. The minimum atomic E-state index is -0.318. The lowest BCUT2D eigenvalue weighted by molar-refractivity contribution is -0.136. The molecule has 2 amide bonds. The van der Waals surface area contributed by atoms with E-state index < -0.39 is 0 Å². The van der Waals surface area contributed by atoms with E-state index in [1.54, 1.807) is 12.1 Å². The second-order valence-electron chi connectivity index (χ2n) is 8.37. The van der Waals surface area contributed by atoms with Crippen molar-refractivity contribution in [1.29, 1.82) is 0 Å². The number of halogens is 1. The highest BCUT2D eigenvalue weighted by Crippen LogP contribution is 2.26. The first-order chi connectivity index (χ1) is 13.6. The number of likely N-dealkylation sites (tertiary alicyclic amines) is 3. The molecule has 3 heterocycles. The SMILES string of the molecule is O=C(c1ccc(F)cc1)N1CCC(N2CCC(C(=O)N3CCCC3)CC2)CC1. The normalized spacial score (nSPS) is 22.6. The molecule has 1 aromatic carbocycles. The van der Waals surface area contributed by atoms with E-state index in [1.165, 1.54) is 12.1 Å². The van der Waals surface area contributed by atoms with Crippen LogP contribution in [0.5, 0.6) is 0 Å².